The molecule has 0 radical (unpaired) electrons. The van der Waals surface area contributed by atoms with Gasteiger partial charge in [0.05, 0.1) is 6.10 Å². The van der Waals surface area contributed by atoms with Crippen molar-refractivity contribution in [3.63, 3.8) is 0 Å². The number of aliphatic hydroxyl groups excluding tert-OH is 1. The third-order valence-corrected chi connectivity index (χ3v) is 2.53. The van der Waals surface area contributed by atoms with E-state index >= 15 is 0 Å². The highest BCUT2D eigenvalue weighted by Gasteiger charge is 2.09. The molecular formula is C11H13BrO. The lowest BCUT2D eigenvalue weighted by Gasteiger charge is -2.12. The summed E-state index contributed by atoms with van der Waals surface area (Å²) < 4.78 is 0.948. The molecule has 0 heterocycles. The maximum Gasteiger partial charge on any atom is 0.0837 e. The van der Waals surface area contributed by atoms with Gasteiger partial charge in [0.15, 0.2) is 0 Å². The zero-order valence-electron chi connectivity index (χ0n) is 7.63. The molecule has 1 aromatic rings. The van der Waals surface area contributed by atoms with Crippen LogP contribution in [0.2, 0.25) is 0 Å². The number of rotatable bonds is 3. The van der Waals surface area contributed by atoms with E-state index in [2.05, 4.69) is 22.5 Å². The second-order valence-electron chi connectivity index (χ2n) is 3.20. The van der Waals surface area contributed by atoms with Crippen molar-refractivity contribution in [3.8, 4) is 0 Å². The predicted octanol–water partition coefficient (Wildman–Crippen LogP) is 3.45. The highest BCUT2D eigenvalue weighted by Crippen LogP contribution is 2.26. The second kappa shape index (κ2) is 4.58. The van der Waals surface area contributed by atoms with Crippen molar-refractivity contribution >= 4 is 15.9 Å². The Morgan fingerprint density at radius 3 is 2.69 bits per heavy atom. The summed E-state index contributed by atoms with van der Waals surface area (Å²) in [5, 5.41) is 9.78. The second-order valence-corrected chi connectivity index (χ2v) is 4.05. The summed E-state index contributed by atoms with van der Waals surface area (Å²) in [4.78, 5) is 0. The van der Waals surface area contributed by atoms with Gasteiger partial charge in [0.1, 0.15) is 0 Å². The number of halogens is 1. The third kappa shape index (κ3) is 2.98. The summed E-state index contributed by atoms with van der Waals surface area (Å²) in [6.45, 7) is 5.69. The van der Waals surface area contributed by atoms with E-state index in [0.717, 1.165) is 15.6 Å². The van der Waals surface area contributed by atoms with Gasteiger partial charge >= 0.3 is 0 Å². The minimum Gasteiger partial charge on any atom is -0.388 e. The number of benzene rings is 1. The monoisotopic (exact) mass is 240 g/mol. The molecule has 0 fully saturated rings. The van der Waals surface area contributed by atoms with Gasteiger partial charge in [-0.05, 0) is 25.0 Å². The highest BCUT2D eigenvalue weighted by molar-refractivity contribution is 9.10. The summed E-state index contributed by atoms with van der Waals surface area (Å²) in [6, 6.07) is 7.69. The quantitative estimate of drug-likeness (QED) is 0.803. The standard InChI is InChI=1S/C11H13BrO/c1-8(2)7-11(13)9-5-3-4-6-10(9)12/h3-6,11,13H,1,7H2,2H3. The zero-order chi connectivity index (χ0) is 9.84. The molecule has 1 rings (SSSR count). The molecule has 1 aromatic carbocycles. The molecule has 1 atom stereocenters. The lowest BCUT2D eigenvalue weighted by Crippen LogP contribution is -1.98. The van der Waals surface area contributed by atoms with Gasteiger partial charge in [0, 0.05) is 4.47 Å². The van der Waals surface area contributed by atoms with Crippen molar-refractivity contribution in [2.75, 3.05) is 0 Å². The molecule has 2 heteroatoms. The maximum absolute atomic E-state index is 9.78. The fraction of sp³-hybridized carbons (Fsp3) is 0.273. The van der Waals surface area contributed by atoms with Crippen LogP contribution in [0.25, 0.3) is 0 Å². The Morgan fingerprint density at radius 2 is 2.15 bits per heavy atom. The Morgan fingerprint density at radius 1 is 1.54 bits per heavy atom. The number of hydrogen-bond donors (Lipinski definition) is 1. The van der Waals surface area contributed by atoms with Crippen LogP contribution in [0.4, 0.5) is 0 Å². The van der Waals surface area contributed by atoms with Crippen molar-refractivity contribution in [2.24, 2.45) is 0 Å². The van der Waals surface area contributed by atoms with Gasteiger partial charge in [0.2, 0.25) is 0 Å². The average Bonchev–Trinajstić information content (AvgIpc) is 2.03. The third-order valence-electron chi connectivity index (χ3n) is 1.81. The minimum absolute atomic E-state index is 0.451. The van der Waals surface area contributed by atoms with Crippen molar-refractivity contribution in [1.29, 1.82) is 0 Å². The molecule has 1 unspecified atom stereocenters. The van der Waals surface area contributed by atoms with Crippen LogP contribution in [-0.2, 0) is 0 Å². The molecule has 0 saturated carbocycles. The van der Waals surface area contributed by atoms with Crippen LogP contribution >= 0.6 is 15.9 Å². The van der Waals surface area contributed by atoms with Gasteiger partial charge in [-0.1, -0.05) is 39.7 Å². The molecule has 0 amide bonds. The van der Waals surface area contributed by atoms with Gasteiger partial charge in [-0.2, -0.15) is 0 Å². The van der Waals surface area contributed by atoms with E-state index in [1.54, 1.807) is 0 Å². The molecule has 0 bridgehead atoms. The van der Waals surface area contributed by atoms with Gasteiger partial charge in [0.25, 0.3) is 0 Å². The van der Waals surface area contributed by atoms with E-state index < -0.39 is 6.10 Å². The van der Waals surface area contributed by atoms with E-state index in [9.17, 15) is 5.11 Å². The molecule has 0 aliphatic heterocycles. The Hall–Kier alpha value is -0.600. The normalized spacial score (nSPS) is 12.5. The average molecular weight is 241 g/mol. The van der Waals surface area contributed by atoms with E-state index in [1.165, 1.54) is 0 Å². The molecule has 1 nitrogen and oxygen atoms in total. The van der Waals surface area contributed by atoms with Crippen molar-refractivity contribution < 1.29 is 5.11 Å². The molecule has 13 heavy (non-hydrogen) atoms. The molecular weight excluding hydrogens is 228 g/mol. The van der Waals surface area contributed by atoms with Crippen LogP contribution < -0.4 is 0 Å². The van der Waals surface area contributed by atoms with Crippen LogP contribution in [0.5, 0.6) is 0 Å². The Balaban J connectivity index is 2.82. The topological polar surface area (TPSA) is 20.2 Å². The fourth-order valence-electron chi connectivity index (χ4n) is 1.19. The molecule has 0 aliphatic carbocycles. The lowest BCUT2D eigenvalue weighted by molar-refractivity contribution is 0.177. The van der Waals surface area contributed by atoms with E-state index in [4.69, 9.17) is 0 Å². The van der Waals surface area contributed by atoms with E-state index in [1.807, 2.05) is 31.2 Å². The van der Waals surface area contributed by atoms with Crippen LogP contribution in [0.3, 0.4) is 0 Å². The van der Waals surface area contributed by atoms with Crippen molar-refractivity contribution in [1.82, 2.24) is 0 Å². The van der Waals surface area contributed by atoms with Crippen LogP contribution in [0, 0.1) is 0 Å². The van der Waals surface area contributed by atoms with E-state index in [-0.39, 0.29) is 0 Å². The molecule has 0 saturated heterocycles. The van der Waals surface area contributed by atoms with Crippen molar-refractivity contribution in [2.45, 2.75) is 19.4 Å². The van der Waals surface area contributed by atoms with E-state index in [0.29, 0.717) is 6.42 Å². The lowest BCUT2D eigenvalue weighted by atomic mass is 10.0. The summed E-state index contributed by atoms with van der Waals surface area (Å²) in [6.07, 6.45) is 0.163. The van der Waals surface area contributed by atoms with Crippen LogP contribution in [0.1, 0.15) is 25.0 Å². The molecule has 70 valence electrons. The first-order valence-corrected chi connectivity index (χ1v) is 4.97. The summed E-state index contributed by atoms with van der Waals surface area (Å²) >= 11 is 3.40. The first-order chi connectivity index (χ1) is 6.11. The van der Waals surface area contributed by atoms with Gasteiger partial charge in [-0.15, -0.1) is 6.58 Å². The minimum atomic E-state index is -0.451. The van der Waals surface area contributed by atoms with Gasteiger partial charge < -0.3 is 5.11 Å². The Labute approximate surface area is 87.2 Å². The van der Waals surface area contributed by atoms with Gasteiger partial charge in [-0.25, -0.2) is 0 Å². The maximum atomic E-state index is 9.78. The smallest absolute Gasteiger partial charge is 0.0837 e. The predicted molar refractivity (Wildman–Crippen MR) is 58.5 cm³/mol. The summed E-state index contributed by atoms with van der Waals surface area (Å²) in [5.74, 6) is 0. The first kappa shape index (κ1) is 10.5. The Kier molecular flexibility index (Phi) is 3.70. The molecule has 1 N–H and O–H groups in total. The van der Waals surface area contributed by atoms with Crippen LogP contribution in [0.15, 0.2) is 40.9 Å². The summed E-state index contributed by atoms with van der Waals surface area (Å²) in [7, 11) is 0. The zero-order valence-corrected chi connectivity index (χ0v) is 9.21. The first-order valence-electron chi connectivity index (χ1n) is 4.18. The highest BCUT2D eigenvalue weighted by atomic mass is 79.9. The SMILES string of the molecule is C=C(C)CC(O)c1ccccc1Br. The number of aliphatic hydroxyl groups is 1. The summed E-state index contributed by atoms with van der Waals surface area (Å²) in [5.41, 5.74) is 1.91. The largest absolute Gasteiger partial charge is 0.388 e. The van der Waals surface area contributed by atoms with Gasteiger partial charge in [-0.3, -0.25) is 0 Å². The molecule has 0 aromatic heterocycles. The van der Waals surface area contributed by atoms with Crippen molar-refractivity contribution in [3.05, 3.63) is 46.5 Å². The fourth-order valence-corrected chi connectivity index (χ4v) is 1.73. The molecule has 0 spiro atoms. The number of hydrogen-bond acceptors (Lipinski definition) is 1. The molecule has 0 aliphatic rings. The Bertz CT molecular complexity index is 307. The van der Waals surface area contributed by atoms with Crippen LogP contribution in [-0.4, -0.2) is 5.11 Å².